The smallest absolute Gasteiger partial charge is 0.127 e. The van der Waals surface area contributed by atoms with E-state index in [1.54, 1.807) is 13.3 Å². The summed E-state index contributed by atoms with van der Waals surface area (Å²) in [6, 6.07) is 7.33. The van der Waals surface area contributed by atoms with Gasteiger partial charge in [0.05, 0.1) is 24.5 Å². The Morgan fingerprint density at radius 2 is 2.17 bits per heavy atom. The number of aromatic nitrogens is 2. The van der Waals surface area contributed by atoms with Gasteiger partial charge in [-0.15, -0.1) is 0 Å². The van der Waals surface area contributed by atoms with Crippen molar-refractivity contribution in [2.45, 2.75) is 6.10 Å². The second-order valence-corrected chi connectivity index (χ2v) is 4.17. The topological polar surface area (TPSA) is 64.5 Å². The molecule has 2 aromatic rings. The molecule has 0 fully saturated rings. The highest BCUT2D eigenvalue weighted by molar-refractivity contribution is 6.99. The molecule has 0 saturated heterocycles. The van der Waals surface area contributed by atoms with Gasteiger partial charge in [-0.1, -0.05) is 18.2 Å². The largest absolute Gasteiger partial charge is 0.491 e. The summed E-state index contributed by atoms with van der Waals surface area (Å²) in [4.78, 5) is 0. The van der Waals surface area contributed by atoms with Crippen molar-refractivity contribution in [2.24, 2.45) is 0 Å². The van der Waals surface area contributed by atoms with E-state index < -0.39 is 6.10 Å². The zero-order chi connectivity index (χ0) is 12.8. The minimum Gasteiger partial charge on any atom is -0.491 e. The van der Waals surface area contributed by atoms with Crippen LogP contribution in [0.15, 0.2) is 30.5 Å². The molecule has 6 heteroatoms. The molecule has 1 atom stereocenters. The van der Waals surface area contributed by atoms with Crippen molar-refractivity contribution in [3.05, 3.63) is 41.7 Å². The van der Waals surface area contributed by atoms with Gasteiger partial charge in [0.25, 0.3) is 0 Å². The van der Waals surface area contributed by atoms with Crippen LogP contribution in [0.2, 0.25) is 0 Å². The van der Waals surface area contributed by atoms with Gasteiger partial charge in [-0.3, -0.25) is 0 Å². The van der Waals surface area contributed by atoms with Crippen molar-refractivity contribution in [3.8, 4) is 5.75 Å². The third kappa shape index (κ3) is 3.04. The van der Waals surface area contributed by atoms with Gasteiger partial charge in [0, 0.05) is 12.7 Å². The molecular weight excluding hydrogens is 252 g/mol. The number of aliphatic hydroxyl groups is 1. The summed E-state index contributed by atoms with van der Waals surface area (Å²) in [5, 5.41) is 10.2. The highest BCUT2D eigenvalue weighted by atomic mass is 32.1. The predicted octanol–water partition coefficient (Wildman–Crippen LogP) is 1.65. The number of aliphatic hydroxyl groups excluding tert-OH is 1. The van der Waals surface area contributed by atoms with E-state index in [0.29, 0.717) is 30.2 Å². The van der Waals surface area contributed by atoms with Gasteiger partial charge in [-0.2, -0.15) is 8.75 Å². The van der Waals surface area contributed by atoms with Crippen LogP contribution in [0, 0.1) is 0 Å². The lowest BCUT2D eigenvalue weighted by atomic mass is 10.1. The minimum absolute atomic E-state index is 0.440. The van der Waals surface area contributed by atoms with E-state index in [1.165, 1.54) is 0 Å². The van der Waals surface area contributed by atoms with E-state index in [0.717, 1.165) is 11.7 Å². The van der Waals surface area contributed by atoms with Crippen LogP contribution in [-0.2, 0) is 4.74 Å². The predicted molar refractivity (Wildman–Crippen MR) is 67.8 cm³/mol. The quantitative estimate of drug-likeness (QED) is 0.805. The lowest BCUT2D eigenvalue weighted by Crippen LogP contribution is -2.08. The Labute approximate surface area is 109 Å². The lowest BCUT2D eigenvalue weighted by molar-refractivity contribution is 0.142. The SMILES string of the molecule is COCCOc1ccccc1C(O)c1cnsn1. The number of ether oxygens (including phenoxy) is 2. The van der Waals surface area contributed by atoms with Crippen molar-refractivity contribution in [1.29, 1.82) is 0 Å². The second-order valence-electron chi connectivity index (χ2n) is 3.61. The fraction of sp³-hybridized carbons (Fsp3) is 0.333. The summed E-state index contributed by atoms with van der Waals surface area (Å²) < 4.78 is 18.4. The van der Waals surface area contributed by atoms with E-state index in [1.807, 2.05) is 24.3 Å². The monoisotopic (exact) mass is 266 g/mol. The van der Waals surface area contributed by atoms with E-state index in [9.17, 15) is 5.11 Å². The Balaban J connectivity index is 2.16. The molecule has 0 amide bonds. The Morgan fingerprint density at radius 3 is 2.89 bits per heavy atom. The van der Waals surface area contributed by atoms with Gasteiger partial charge in [0.1, 0.15) is 24.2 Å². The number of rotatable bonds is 6. The van der Waals surface area contributed by atoms with Crippen LogP contribution < -0.4 is 4.74 Å². The van der Waals surface area contributed by atoms with Crippen LogP contribution in [0.4, 0.5) is 0 Å². The molecule has 0 radical (unpaired) electrons. The number of nitrogens with zero attached hydrogens (tertiary/aromatic N) is 2. The van der Waals surface area contributed by atoms with Crippen molar-refractivity contribution >= 4 is 11.7 Å². The van der Waals surface area contributed by atoms with Crippen LogP contribution in [-0.4, -0.2) is 34.2 Å². The molecule has 96 valence electrons. The summed E-state index contributed by atoms with van der Waals surface area (Å²) in [6.07, 6.45) is 0.740. The van der Waals surface area contributed by atoms with E-state index in [2.05, 4.69) is 8.75 Å². The molecule has 0 aliphatic rings. The van der Waals surface area contributed by atoms with E-state index >= 15 is 0 Å². The summed E-state index contributed by atoms with van der Waals surface area (Å²) in [5.74, 6) is 0.634. The first kappa shape index (κ1) is 12.9. The summed E-state index contributed by atoms with van der Waals surface area (Å²) >= 11 is 1.07. The molecule has 0 aliphatic heterocycles. The molecule has 0 bridgehead atoms. The Kier molecular flexibility index (Phi) is 4.63. The zero-order valence-electron chi connectivity index (χ0n) is 9.94. The fourth-order valence-electron chi connectivity index (χ4n) is 1.52. The molecule has 1 unspecified atom stereocenters. The van der Waals surface area contributed by atoms with Gasteiger partial charge in [-0.25, -0.2) is 0 Å². The first-order chi connectivity index (χ1) is 8.83. The molecule has 1 aromatic heterocycles. The zero-order valence-corrected chi connectivity index (χ0v) is 10.8. The third-order valence-electron chi connectivity index (χ3n) is 2.42. The Morgan fingerprint density at radius 1 is 1.33 bits per heavy atom. The lowest BCUT2D eigenvalue weighted by Gasteiger charge is -2.14. The number of methoxy groups -OCH3 is 1. The van der Waals surface area contributed by atoms with Crippen molar-refractivity contribution in [1.82, 2.24) is 8.75 Å². The average Bonchev–Trinajstić information content (AvgIpc) is 2.93. The van der Waals surface area contributed by atoms with E-state index in [-0.39, 0.29) is 0 Å². The fourth-order valence-corrected chi connectivity index (χ4v) is 1.97. The van der Waals surface area contributed by atoms with Crippen molar-refractivity contribution in [3.63, 3.8) is 0 Å². The Hall–Kier alpha value is -1.50. The number of hydrogen-bond donors (Lipinski definition) is 1. The van der Waals surface area contributed by atoms with Gasteiger partial charge >= 0.3 is 0 Å². The molecule has 1 N–H and O–H groups in total. The number of hydrogen-bond acceptors (Lipinski definition) is 6. The maximum atomic E-state index is 10.2. The summed E-state index contributed by atoms with van der Waals surface area (Å²) in [7, 11) is 1.62. The molecule has 1 aromatic carbocycles. The van der Waals surface area contributed by atoms with Crippen molar-refractivity contribution < 1.29 is 14.6 Å². The summed E-state index contributed by atoms with van der Waals surface area (Å²) in [6.45, 7) is 0.943. The molecule has 18 heavy (non-hydrogen) atoms. The van der Waals surface area contributed by atoms with Gasteiger partial charge in [0.15, 0.2) is 0 Å². The van der Waals surface area contributed by atoms with E-state index in [4.69, 9.17) is 9.47 Å². The molecule has 1 heterocycles. The van der Waals surface area contributed by atoms with Gasteiger partial charge < -0.3 is 14.6 Å². The summed E-state index contributed by atoms with van der Waals surface area (Å²) in [5.41, 5.74) is 1.21. The third-order valence-corrected chi connectivity index (χ3v) is 2.91. The van der Waals surface area contributed by atoms with Crippen LogP contribution in [0.3, 0.4) is 0 Å². The molecule has 2 rings (SSSR count). The normalized spacial score (nSPS) is 12.3. The van der Waals surface area contributed by atoms with Crippen molar-refractivity contribution in [2.75, 3.05) is 20.3 Å². The van der Waals surface area contributed by atoms with Crippen LogP contribution >= 0.6 is 11.7 Å². The second kappa shape index (κ2) is 6.44. The highest BCUT2D eigenvalue weighted by Gasteiger charge is 2.17. The van der Waals surface area contributed by atoms with Crippen LogP contribution in [0.25, 0.3) is 0 Å². The highest BCUT2D eigenvalue weighted by Crippen LogP contribution is 2.28. The van der Waals surface area contributed by atoms with Crippen LogP contribution in [0.1, 0.15) is 17.4 Å². The molecule has 0 spiro atoms. The average molecular weight is 266 g/mol. The molecule has 5 nitrogen and oxygen atoms in total. The molecular formula is C12H14N2O3S. The minimum atomic E-state index is -0.817. The molecule has 0 aliphatic carbocycles. The maximum absolute atomic E-state index is 10.2. The van der Waals surface area contributed by atoms with Crippen LogP contribution in [0.5, 0.6) is 5.75 Å². The Bertz CT molecular complexity index is 476. The van der Waals surface area contributed by atoms with Gasteiger partial charge in [-0.05, 0) is 6.07 Å². The molecule has 0 saturated carbocycles. The first-order valence-electron chi connectivity index (χ1n) is 5.49. The maximum Gasteiger partial charge on any atom is 0.127 e. The standard InChI is InChI=1S/C12H14N2O3S/c1-16-6-7-17-11-5-3-2-4-9(11)12(15)10-8-13-18-14-10/h2-5,8,12,15H,6-7H2,1H3. The number of para-hydroxylation sites is 1. The number of benzene rings is 1. The van der Waals surface area contributed by atoms with Gasteiger partial charge in [0.2, 0.25) is 0 Å². The first-order valence-corrected chi connectivity index (χ1v) is 6.22.